The van der Waals surface area contributed by atoms with Crippen LogP contribution >= 0.6 is 0 Å². The van der Waals surface area contributed by atoms with Gasteiger partial charge in [-0.15, -0.1) is 0 Å². The molecule has 2 aromatic carbocycles. The molecule has 1 amide bonds. The third-order valence-corrected chi connectivity index (χ3v) is 2.81. The van der Waals surface area contributed by atoms with Crippen LogP contribution in [0.3, 0.4) is 0 Å². The molecule has 3 rings (SSSR count). The van der Waals surface area contributed by atoms with E-state index in [9.17, 15) is 4.79 Å². The molecule has 0 unspecified atom stereocenters. The number of primary amides is 1. The van der Waals surface area contributed by atoms with Gasteiger partial charge in [0.15, 0.2) is 0 Å². The number of furan rings is 1. The maximum Gasteiger partial charge on any atom is 0.225 e. The lowest BCUT2D eigenvalue weighted by Crippen LogP contribution is -2.12. The maximum absolute atomic E-state index is 10.9. The fraction of sp³-hybridized carbons (Fsp3) is 0.0714. The Balaban J connectivity index is 2.27. The molecule has 17 heavy (non-hydrogen) atoms. The summed E-state index contributed by atoms with van der Waals surface area (Å²) in [5.74, 6) is 0.234. The van der Waals surface area contributed by atoms with Crippen LogP contribution in [0.15, 0.2) is 46.9 Å². The van der Waals surface area contributed by atoms with Gasteiger partial charge in [-0.2, -0.15) is 0 Å². The summed E-state index contributed by atoms with van der Waals surface area (Å²) in [5, 5.41) is 3.18. The molecule has 1 aromatic heterocycles. The first-order chi connectivity index (χ1) is 8.24. The number of amides is 1. The number of rotatable bonds is 2. The van der Waals surface area contributed by atoms with Gasteiger partial charge in [0, 0.05) is 10.8 Å². The third kappa shape index (κ3) is 1.65. The Morgan fingerprint density at radius 3 is 2.71 bits per heavy atom. The van der Waals surface area contributed by atoms with Crippen LogP contribution in [0.25, 0.3) is 21.7 Å². The fourth-order valence-corrected chi connectivity index (χ4v) is 2.08. The van der Waals surface area contributed by atoms with E-state index in [2.05, 4.69) is 0 Å². The molecule has 0 aliphatic carbocycles. The predicted octanol–water partition coefficient (Wildman–Crippen LogP) is 2.61. The lowest BCUT2D eigenvalue weighted by atomic mass is 10.1. The van der Waals surface area contributed by atoms with Crippen molar-refractivity contribution in [3.63, 3.8) is 0 Å². The summed E-state index contributed by atoms with van der Waals surface area (Å²) in [5.41, 5.74) is 5.98. The standard InChI is InChI=1S/C14H11NO2/c15-13(16)8-11-7-10-6-5-9-3-1-2-4-12(9)14(10)17-11/h1-7H,8H2,(H2,15,16). The SMILES string of the molecule is NC(=O)Cc1cc2ccc3ccccc3c2o1. The van der Waals surface area contributed by atoms with E-state index in [0.29, 0.717) is 5.76 Å². The molecule has 3 aromatic rings. The maximum atomic E-state index is 10.9. The number of hydrogen-bond acceptors (Lipinski definition) is 2. The van der Waals surface area contributed by atoms with E-state index in [1.165, 1.54) is 0 Å². The molecule has 0 atom stereocenters. The first-order valence-electron chi connectivity index (χ1n) is 5.42. The van der Waals surface area contributed by atoms with Gasteiger partial charge < -0.3 is 10.2 Å². The second-order valence-electron chi connectivity index (χ2n) is 4.06. The number of fused-ring (bicyclic) bond motifs is 3. The summed E-state index contributed by atoms with van der Waals surface area (Å²) in [7, 11) is 0. The summed E-state index contributed by atoms with van der Waals surface area (Å²) < 4.78 is 5.69. The number of benzene rings is 2. The van der Waals surface area contributed by atoms with Crippen molar-refractivity contribution in [2.24, 2.45) is 5.73 Å². The Kier molecular flexibility index (Phi) is 2.11. The van der Waals surface area contributed by atoms with E-state index in [4.69, 9.17) is 10.2 Å². The summed E-state index contributed by atoms with van der Waals surface area (Å²) >= 11 is 0. The molecule has 0 radical (unpaired) electrons. The minimum Gasteiger partial charge on any atom is -0.460 e. The number of carbonyl (C=O) groups is 1. The zero-order valence-corrected chi connectivity index (χ0v) is 9.14. The lowest BCUT2D eigenvalue weighted by Gasteiger charge is -1.97. The average Bonchev–Trinajstić information content (AvgIpc) is 2.70. The molecule has 0 bridgehead atoms. The molecule has 0 spiro atoms. The lowest BCUT2D eigenvalue weighted by molar-refractivity contribution is -0.117. The third-order valence-electron chi connectivity index (χ3n) is 2.81. The Hall–Kier alpha value is -2.29. The first kappa shape index (κ1) is 9.90. The van der Waals surface area contributed by atoms with E-state index in [-0.39, 0.29) is 12.3 Å². The van der Waals surface area contributed by atoms with Crippen LogP contribution in [0.1, 0.15) is 5.76 Å². The fourth-order valence-electron chi connectivity index (χ4n) is 2.08. The van der Waals surface area contributed by atoms with Crippen LogP contribution in [-0.4, -0.2) is 5.91 Å². The van der Waals surface area contributed by atoms with Gasteiger partial charge >= 0.3 is 0 Å². The van der Waals surface area contributed by atoms with E-state index in [1.54, 1.807) is 0 Å². The van der Waals surface area contributed by atoms with Crippen molar-refractivity contribution >= 4 is 27.6 Å². The average molecular weight is 225 g/mol. The molecule has 3 nitrogen and oxygen atoms in total. The largest absolute Gasteiger partial charge is 0.460 e. The molecular formula is C14H11NO2. The highest BCUT2D eigenvalue weighted by Gasteiger charge is 2.08. The molecule has 0 aliphatic rings. The van der Waals surface area contributed by atoms with Crippen molar-refractivity contribution in [2.75, 3.05) is 0 Å². The van der Waals surface area contributed by atoms with Gasteiger partial charge in [0.25, 0.3) is 0 Å². The van der Waals surface area contributed by atoms with Gasteiger partial charge in [-0.05, 0) is 11.5 Å². The smallest absolute Gasteiger partial charge is 0.225 e. The highest BCUT2D eigenvalue weighted by atomic mass is 16.3. The molecule has 0 aliphatic heterocycles. The van der Waals surface area contributed by atoms with Gasteiger partial charge in [0.05, 0.1) is 6.42 Å². The molecule has 3 heteroatoms. The van der Waals surface area contributed by atoms with Crippen molar-refractivity contribution in [3.8, 4) is 0 Å². The minimum absolute atomic E-state index is 0.142. The van der Waals surface area contributed by atoms with Crippen LogP contribution < -0.4 is 5.73 Å². The van der Waals surface area contributed by atoms with E-state index >= 15 is 0 Å². The Morgan fingerprint density at radius 1 is 1.12 bits per heavy atom. The van der Waals surface area contributed by atoms with Crippen molar-refractivity contribution in [3.05, 3.63) is 48.2 Å². The quantitative estimate of drug-likeness (QED) is 0.728. The monoisotopic (exact) mass is 225 g/mol. The molecule has 1 heterocycles. The van der Waals surface area contributed by atoms with Crippen LogP contribution in [0.4, 0.5) is 0 Å². The Labute approximate surface area is 97.8 Å². The van der Waals surface area contributed by atoms with E-state index in [0.717, 1.165) is 21.7 Å². The van der Waals surface area contributed by atoms with Crippen molar-refractivity contribution < 1.29 is 9.21 Å². The zero-order valence-electron chi connectivity index (χ0n) is 9.14. The second kappa shape index (κ2) is 3.63. The summed E-state index contributed by atoms with van der Waals surface area (Å²) in [6, 6.07) is 13.9. The van der Waals surface area contributed by atoms with E-state index < -0.39 is 0 Å². The molecule has 84 valence electrons. The topological polar surface area (TPSA) is 56.2 Å². The van der Waals surface area contributed by atoms with Crippen LogP contribution in [-0.2, 0) is 11.2 Å². The minimum atomic E-state index is -0.381. The Morgan fingerprint density at radius 2 is 1.88 bits per heavy atom. The highest BCUT2D eigenvalue weighted by Crippen LogP contribution is 2.28. The van der Waals surface area contributed by atoms with Crippen LogP contribution in [0.2, 0.25) is 0 Å². The van der Waals surface area contributed by atoms with E-state index in [1.807, 2.05) is 42.5 Å². The summed E-state index contributed by atoms with van der Waals surface area (Å²) in [4.78, 5) is 10.9. The van der Waals surface area contributed by atoms with Crippen LogP contribution in [0, 0.1) is 0 Å². The Bertz CT molecular complexity index is 712. The number of hydrogen-bond donors (Lipinski definition) is 1. The van der Waals surface area contributed by atoms with Crippen molar-refractivity contribution in [1.29, 1.82) is 0 Å². The molecule has 0 saturated heterocycles. The van der Waals surface area contributed by atoms with Crippen LogP contribution in [0.5, 0.6) is 0 Å². The van der Waals surface area contributed by atoms with Crippen molar-refractivity contribution in [2.45, 2.75) is 6.42 Å². The van der Waals surface area contributed by atoms with Crippen molar-refractivity contribution in [1.82, 2.24) is 0 Å². The molecule has 0 saturated carbocycles. The summed E-state index contributed by atoms with van der Waals surface area (Å²) in [6.07, 6.45) is 0.142. The highest BCUT2D eigenvalue weighted by molar-refractivity contribution is 6.04. The number of nitrogens with two attached hydrogens (primary N) is 1. The van der Waals surface area contributed by atoms with Gasteiger partial charge in [0.1, 0.15) is 11.3 Å². The molecule has 0 fully saturated rings. The van der Waals surface area contributed by atoms with Gasteiger partial charge in [0.2, 0.25) is 5.91 Å². The predicted molar refractivity (Wildman–Crippen MR) is 66.6 cm³/mol. The first-order valence-corrected chi connectivity index (χ1v) is 5.42. The zero-order chi connectivity index (χ0) is 11.8. The summed E-state index contributed by atoms with van der Waals surface area (Å²) in [6.45, 7) is 0. The number of carbonyl (C=O) groups excluding carboxylic acids is 1. The van der Waals surface area contributed by atoms with Gasteiger partial charge in [-0.1, -0.05) is 36.4 Å². The van der Waals surface area contributed by atoms with Gasteiger partial charge in [-0.3, -0.25) is 4.79 Å². The normalized spacial score (nSPS) is 11.1. The van der Waals surface area contributed by atoms with Gasteiger partial charge in [-0.25, -0.2) is 0 Å². The second-order valence-corrected chi connectivity index (χ2v) is 4.06. The molecular weight excluding hydrogens is 214 g/mol. The molecule has 2 N–H and O–H groups in total.